The van der Waals surface area contributed by atoms with Crippen molar-refractivity contribution in [2.75, 3.05) is 31.6 Å². The SMILES string of the molecule is c1ccc([C@H]2CNCC2c2nnc3cc(-c4ccnc(NC5CCOCC5)n4)ccn23)cc1. The molecule has 0 saturated carbocycles. The quantitative estimate of drug-likeness (QED) is 0.491. The number of anilines is 1. The van der Waals surface area contributed by atoms with Crippen LogP contribution >= 0.6 is 0 Å². The molecule has 8 nitrogen and oxygen atoms in total. The number of rotatable bonds is 5. The summed E-state index contributed by atoms with van der Waals surface area (Å²) in [6, 6.07) is 17.1. The molecule has 2 N–H and O–H groups in total. The van der Waals surface area contributed by atoms with Crippen molar-refractivity contribution >= 4 is 11.6 Å². The number of hydrogen-bond donors (Lipinski definition) is 2. The van der Waals surface area contributed by atoms with E-state index in [-0.39, 0.29) is 5.92 Å². The lowest BCUT2D eigenvalue weighted by molar-refractivity contribution is 0.0903. The molecule has 5 heterocycles. The van der Waals surface area contributed by atoms with Gasteiger partial charge in [-0.05, 0) is 36.6 Å². The molecule has 2 atom stereocenters. The van der Waals surface area contributed by atoms with Crippen molar-refractivity contribution in [2.24, 2.45) is 0 Å². The molecule has 1 unspecified atom stereocenters. The predicted molar refractivity (Wildman–Crippen MR) is 126 cm³/mol. The second-order valence-corrected chi connectivity index (χ2v) is 8.78. The summed E-state index contributed by atoms with van der Waals surface area (Å²) in [6.07, 6.45) is 5.82. The van der Waals surface area contributed by atoms with E-state index in [0.29, 0.717) is 17.9 Å². The lowest BCUT2D eigenvalue weighted by atomic mass is 9.88. The van der Waals surface area contributed by atoms with E-state index in [1.807, 2.05) is 6.07 Å². The van der Waals surface area contributed by atoms with Gasteiger partial charge in [-0.2, -0.15) is 0 Å². The van der Waals surface area contributed by atoms with Crippen molar-refractivity contribution < 1.29 is 4.74 Å². The van der Waals surface area contributed by atoms with Crippen molar-refractivity contribution in [3.63, 3.8) is 0 Å². The molecule has 4 aromatic rings. The molecule has 0 aliphatic carbocycles. The third kappa shape index (κ3) is 4.07. The number of benzene rings is 1. The highest BCUT2D eigenvalue weighted by atomic mass is 16.5. The zero-order valence-electron chi connectivity index (χ0n) is 18.4. The summed E-state index contributed by atoms with van der Waals surface area (Å²) in [5.41, 5.74) is 4.05. The Kier molecular flexibility index (Phi) is 5.45. The number of nitrogens with one attached hydrogen (secondary N) is 2. The van der Waals surface area contributed by atoms with E-state index in [4.69, 9.17) is 9.72 Å². The molecule has 2 saturated heterocycles. The van der Waals surface area contributed by atoms with Crippen LogP contribution in [0.3, 0.4) is 0 Å². The third-order valence-electron chi connectivity index (χ3n) is 6.72. The summed E-state index contributed by atoms with van der Waals surface area (Å²) in [6.45, 7) is 3.41. The van der Waals surface area contributed by atoms with Crippen LogP contribution in [0.15, 0.2) is 60.9 Å². The minimum absolute atomic E-state index is 0.280. The number of ether oxygens (including phenoxy) is 1. The highest BCUT2D eigenvalue weighted by Gasteiger charge is 2.33. The van der Waals surface area contributed by atoms with Gasteiger partial charge in [0.05, 0.1) is 5.69 Å². The summed E-state index contributed by atoms with van der Waals surface area (Å²) < 4.78 is 7.55. The molecule has 8 heteroatoms. The van der Waals surface area contributed by atoms with Gasteiger partial charge in [-0.1, -0.05) is 30.3 Å². The number of pyridine rings is 1. The molecule has 6 rings (SSSR count). The zero-order valence-corrected chi connectivity index (χ0v) is 18.4. The number of nitrogens with zero attached hydrogens (tertiary/aromatic N) is 5. The molecule has 0 spiro atoms. The Labute approximate surface area is 192 Å². The average Bonchev–Trinajstić information content (AvgIpc) is 3.52. The molecule has 1 aromatic carbocycles. The lowest BCUT2D eigenvalue weighted by Crippen LogP contribution is -2.28. The Bertz CT molecular complexity index is 1240. The Balaban J connectivity index is 1.27. The van der Waals surface area contributed by atoms with Crippen molar-refractivity contribution in [2.45, 2.75) is 30.7 Å². The number of hydrogen-bond acceptors (Lipinski definition) is 7. The first-order chi connectivity index (χ1) is 16.3. The maximum Gasteiger partial charge on any atom is 0.223 e. The number of aromatic nitrogens is 5. The van der Waals surface area contributed by atoms with Crippen LogP contribution in [0, 0.1) is 0 Å². The topological polar surface area (TPSA) is 89.3 Å². The van der Waals surface area contributed by atoms with Crippen LogP contribution in [0.2, 0.25) is 0 Å². The van der Waals surface area contributed by atoms with Crippen LogP contribution in [0.5, 0.6) is 0 Å². The maximum atomic E-state index is 5.44. The fraction of sp³-hybridized carbons (Fsp3) is 0.360. The van der Waals surface area contributed by atoms with Crippen LogP contribution in [0.1, 0.15) is 36.1 Å². The van der Waals surface area contributed by atoms with E-state index in [1.165, 1.54) is 5.56 Å². The summed E-state index contributed by atoms with van der Waals surface area (Å²) >= 11 is 0. The van der Waals surface area contributed by atoms with Crippen LogP contribution in [0.25, 0.3) is 16.9 Å². The summed E-state index contributed by atoms with van der Waals surface area (Å²) in [4.78, 5) is 9.16. The van der Waals surface area contributed by atoms with Crippen LogP contribution in [-0.4, -0.2) is 56.9 Å². The predicted octanol–water partition coefficient (Wildman–Crippen LogP) is 3.25. The van der Waals surface area contributed by atoms with Gasteiger partial charge < -0.3 is 15.4 Å². The fourth-order valence-electron chi connectivity index (χ4n) is 4.94. The van der Waals surface area contributed by atoms with E-state index < -0.39 is 0 Å². The second-order valence-electron chi connectivity index (χ2n) is 8.78. The normalized spacial score (nSPS) is 21.5. The summed E-state index contributed by atoms with van der Waals surface area (Å²) in [7, 11) is 0. The molecule has 3 aromatic heterocycles. The average molecular weight is 442 g/mol. The molecule has 2 fully saturated rings. The highest BCUT2D eigenvalue weighted by Crippen LogP contribution is 2.35. The fourth-order valence-corrected chi connectivity index (χ4v) is 4.94. The Morgan fingerprint density at radius 1 is 0.970 bits per heavy atom. The van der Waals surface area contributed by atoms with E-state index in [9.17, 15) is 0 Å². The van der Waals surface area contributed by atoms with E-state index in [0.717, 1.165) is 61.9 Å². The van der Waals surface area contributed by atoms with Gasteiger partial charge in [0.15, 0.2) is 5.65 Å². The largest absolute Gasteiger partial charge is 0.381 e. The lowest BCUT2D eigenvalue weighted by Gasteiger charge is -2.23. The molecule has 168 valence electrons. The van der Waals surface area contributed by atoms with E-state index in [1.54, 1.807) is 6.20 Å². The molecule has 2 aliphatic heterocycles. The summed E-state index contributed by atoms with van der Waals surface area (Å²) in [5, 5.41) is 16.1. The van der Waals surface area contributed by atoms with E-state index >= 15 is 0 Å². The molecule has 0 amide bonds. The monoisotopic (exact) mass is 441 g/mol. The number of fused-ring (bicyclic) bond motifs is 1. The van der Waals surface area contributed by atoms with Crippen molar-refractivity contribution in [1.82, 2.24) is 29.9 Å². The van der Waals surface area contributed by atoms with Gasteiger partial charge in [0.25, 0.3) is 0 Å². The van der Waals surface area contributed by atoms with Gasteiger partial charge in [-0.25, -0.2) is 9.97 Å². The first-order valence-electron chi connectivity index (χ1n) is 11.6. The first-order valence-corrected chi connectivity index (χ1v) is 11.6. The zero-order chi connectivity index (χ0) is 22.0. The smallest absolute Gasteiger partial charge is 0.223 e. The van der Waals surface area contributed by atoms with Crippen LogP contribution < -0.4 is 10.6 Å². The molecule has 33 heavy (non-hydrogen) atoms. The standard InChI is InChI=1S/C25H27N7O/c1-2-4-17(5-3-1)20-15-26-16-21(20)24-31-30-23-14-18(7-11-32(23)24)22-6-10-27-25(29-22)28-19-8-12-33-13-9-19/h1-7,10-11,14,19-21,26H,8-9,12-13,15-16H2,(H,27,28,29)/t20-,21?/m1/s1. The van der Waals surface area contributed by atoms with Gasteiger partial charge in [0, 0.05) is 62.1 Å². The van der Waals surface area contributed by atoms with Gasteiger partial charge >= 0.3 is 0 Å². The van der Waals surface area contributed by atoms with E-state index in [2.05, 4.69) is 78.9 Å². The molecular formula is C25H27N7O. The van der Waals surface area contributed by atoms with Gasteiger partial charge in [0.1, 0.15) is 5.82 Å². The molecule has 0 bridgehead atoms. The van der Waals surface area contributed by atoms with Crippen LogP contribution in [0.4, 0.5) is 5.95 Å². The molecular weight excluding hydrogens is 414 g/mol. The Hall–Kier alpha value is -3.36. The van der Waals surface area contributed by atoms with Crippen LogP contribution in [-0.2, 0) is 4.74 Å². The Morgan fingerprint density at radius 2 is 1.82 bits per heavy atom. The Morgan fingerprint density at radius 3 is 2.70 bits per heavy atom. The van der Waals surface area contributed by atoms with Gasteiger partial charge in [-0.3, -0.25) is 4.40 Å². The highest BCUT2D eigenvalue weighted by molar-refractivity contribution is 5.64. The minimum Gasteiger partial charge on any atom is -0.381 e. The summed E-state index contributed by atoms with van der Waals surface area (Å²) in [5.74, 6) is 2.32. The van der Waals surface area contributed by atoms with Gasteiger partial charge in [-0.15, -0.1) is 10.2 Å². The first kappa shape index (κ1) is 20.3. The molecule has 2 aliphatic rings. The maximum absolute atomic E-state index is 5.44. The van der Waals surface area contributed by atoms with Crippen molar-refractivity contribution in [1.29, 1.82) is 0 Å². The minimum atomic E-state index is 0.280. The van der Waals surface area contributed by atoms with Crippen molar-refractivity contribution in [3.05, 3.63) is 72.3 Å². The second kappa shape index (κ2) is 8.88. The van der Waals surface area contributed by atoms with Gasteiger partial charge in [0.2, 0.25) is 5.95 Å². The van der Waals surface area contributed by atoms with Crippen molar-refractivity contribution in [3.8, 4) is 11.3 Å². The third-order valence-corrected chi connectivity index (χ3v) is 6.72. The molecule has 0 radical (unpaired) electrons.